The molecule has 0 N–H and O–H groups in total. The molecule has 8 atom stereocenters. The van der Waals surface area contributed by atoms with E-state index in [0.29, 0.717) is 17.7 Å². The molecule has 4 unspecified atom stereocenters. The van der Waals surface area contributed by atoms with E-state index in [-0.39, 0.29) is 227 Å². The largest absolute Gasteiger partial charge is 0.418 e. The van der Waals surface area contributed by atoms with Crippen molar-refractivity contribution < 1.29 is 200 Å². The summed E-state index contributed by atoms with van der Waals surface area (Å²) in [7, 11) is 2.21. The summed E-state index contributed by atoms with van der Waals surface area (Å²) in [4.78, 5) is 24.0. The van der Waals surface area contributed by atoms with E-state index in [4.69, 9.17) is 9.47 Å². The first kappa shape index (κ1) is 39.1. The summed E-state index contributed by atoms with van der Waals surface area (Å²) in [5, 5.41) is 0. The van der Waals surface area contributed by atoms with Gasteiger partial charge in [-0.3, -0.25) is 14.7 Å². The molecule has 1 aromatic rings. The summed E-state index contributed by atoms with van der Waals surface area (Å²) in [6.45, 7) is 29.7. The number of pyridine rings is 1. The third-order valence-corrected chi connectivity index (χ3v) is 13.2. The maximum absolute atomic E-state index is 15.4. The average molecular weight is 924 g/mol. The molecule has 1 amide bonds. The Morgan fingerprint density at radius 1 is 1.17 bits per heavy atom. The predicted molar refractivity (Wildman–Crippen MR) is 441 cm³/mol. The fourth-order valence-electron chi connectivity index (χ4n) is 10.5. The Labute approximate surface area is 468 Å². The van der Waals surface area contributed by atoms with Crippen LogP contribution in [0.25, 0.3) is 0 Å². The first-order chi connectivity index (χ1) is 21.8. The summed E-state index contributed by atoms with van der Waals surface area (Å²) in [5.74, 6) is 0.447. The number of hydrogen-bond acceptors (Lipinski definition) is 5. The number of carbonyl (C=O) groups is 1. The third kappa shape index (κ3) is 6.24. The van der Waals surface area contributed by atoms with E-state index in [0.717, 1.165) is 31.9 Å². The van der Waals surface area contributed by atoms with E-state index in [1.54, 1.807) is 0 Å². The number of ether oxygens (including phenoxy) is 2. The molecular weight excluding hydrogens is 615 g/mol. The van der Waals surface area contributed by atoms with Gasteiger partial charge in [-0.1, -0.05) is 34.1 Å². The molecule has 0 spiro atoms. The van der Waals surface area contributed by atoms with E-state index in [1.165, 1.54) is 6.92 Å². The van der Waals surface area contributed by atoms with Crippen LogP contribution in [0.4, 0.5) is 13.2 Å². The fourth-order valence-corrected chi connectivity index (χ4v) is 10.5. The molecule has 1 aliphatic carbocycles. The number of likely N-dealkylation sites (N-methyl/N-ethyl adjacent to an activating group) is 1. The zero-order valence-corrected chi connectivity index (χ0v) is 32.5. The van der Waals surface area contributed by atoms with Gasteiger partial charge >= 0.3 is 6.18 Å². The second kappa shape index (κ2) is 12.8. The maximum atomic E-state index is 15.4. The molecule has 1 saturated carbocycles. The highest BCUT2D eigenvalue weighted by Gasteiger charge is 2.66. The third-order valence-electron chi connectivity index (χ3n) is 13.2. The van der Waals surface area contributed by atoms with E-state index in [1.807, 2.05) is 11.8 Å². The van der Waals surface area contributed by atoms with Crippen molar-refractivity contribution >= 4 is 5.91 Å². The highest BCUT2D eigenvalue weighted by atomic mass is 19.4. The number of rotatable bonds is 7. The summed E-state index contributed by atoms with van der Waals surface area (Å²) in [6, 6.07) is -0.0827. The van der Waals surface area contributed by atoms with E-state index in [2.05, 4.69) is 100 Å². The Balaban J connectivity index is -0.00000000185. The van der Waals surface area contributed by atoms with Crippen LogP contribution < -0.4 is 0 Å². The molecule has 9 heteroatoms. The molecule has 6 nitrogen and oxygen atoms in total. The van der Waals surface area contributed by atoms with Crippen molar-refractivity contribution in [3.8, 4) is 0 Å². The Morgan fingerprint density at radius 3 is 2.29 bits per heavy atom. The number of fused-ring (bicyclic) bond motifs is 1. The van der Waals surface area contributed by atoms with Crippen LogP contribution in [0.1, 0.15) is 311 Å². The SMILES string of the molecule is CCC(C(C)C)[C@]1(C(=O)N2Cc3c(ncc(C(F)(F)F)c3C)CC2C)CC[C@@H](N(C)[C@@]2(C)CC(C)OC(C)(C)[C@@]2(C)OC(C)(C)C)C1C.[HH].[HH].[HH].[HH].[HH].[HH].[HH].[HH].[HH].[HH].[HH].[HH].[HH].[HH].[HH].[HH].[HH].[HH].[HH].[HH].[HH].[HH].[HH].[HH].[HH].[HH].[HH].[HH].[HH].[HH].[HH].[HH].[HH].[HH].[HH].[HH].[HH].[HH].[HH].[HH].[HH].[HH].[HH].[HH].[HH].[HH].[HH].[HH].[HH].[HH].[HH].[HH].[HH].[HH].[HH].[HH].[HH].[HH].[HH].[HH].[HH].[HH].[HH].[HH].[HH].[HH].[HH].[HH].[HH].[HH].[HH].[HH].[HH].[HH].[HH].[HH].[HH].[HH].[HH].[HH].[HH].[HH].[HH].[HH].[HH].[HH].[HH].[HH].[HH].[HH].[HH].[HH].[HH].[HH].[HH].[HH].[HH].[HH].[HH].[HH].[HH].[HH].[HH].[HH].[HH].[HH].[HH].[HH].[HH].[HH].[HH].[HH].[HH].[HH].[HH].[HH].[HH].[HH].[HH].[HH].[HH]. The van der Waals surface area contributed by atoms with Crippen LogP contribution in [0, 0.1) is 30.1 Å². The first-order valence-electron chi connectivity index (χ1n) is 18.3. The van der Waals surface area contributed by atoms with Gasteiger partial charge in [-0.15, -0.1) is 0 Å². The highest BCUT2D eigenvalue weighted by molar-refractivity contribution is 5.85. The zero-order chi connectivity index (χ0) is 36.6. The van der Waals surface area contributed by atoms with Gasteiger partial charge < -0.3 is 14.4 Å². The second-order valence-electron chi connectivity index (χ2n) is 17.7. The number of hydrogen-bond donors (Lipinski definition) is 0. The zero-order valence-electron chi connectivity index (χ0n) is 32.5. The summed E-state index contributed by atoms with van der Waals surface area (Å²) < 4.78 is 55.4. The van der Waals surface area contributed by atoms with Gasteiger partial charge in [0.25, 0.3) is 0 Å². The lowest BCUT2D eigenvalue weighted by molar-refractivity contribution is -0.317. The molecule has 1 saturated heterocycles. The molecule has 48 heavy (non-hydrogen) atoms. The van der Waals surface area contributed by atoms with Crippen molar-refractivity contribution in [3.05, 3.63) is 28.6 Å². The lowest BCUT2D eigenvalue weighted by Crippen LogP contribution is -2.76. The molecule has 516 valence electrons. The van der Waals surface area contributed by atoms with Crippen LogP contribution >= 0.6 is 0 Å². The van der Waals surface area contributed by atoms with Gasteiger partial charge in [-0.25, -0.2) is 0 Å². The molecule has 3 aliphatic rings. The lowest BCUT2D eigenvalue weighted by atomic mass is 9.61. The standard InChI is InChI=1S/C39H64F3N3O3.121H2/c1-16-29(23(2)3)38(33(46)45-22-28-26(6)30(39(40,41)42)21-43-31(28)19-24(45)4)18-17-32(27(38)7)44(15)36(13)20-25(5)47-35(11,12)37(36,14)48-34(8,9)10;;;;;;;;;;;;;;;;;;;;;;;;;;;;;;;;;;;;;;;;;;;;;;;;;;;;;;;;;;;;;;;;;;;;;;;;;;;;;;;;;;;;;;;;;;;;;;;;;;;;;;;;;;;;;;;;;;;;;;;;;/h21,23-25,27,29,32H,16-20,22H2,1-15H3;121*1H/t24?,25?,27?,29?,32-,36+,37-,38+;;;;;;;;;;;;;;;;;;;;;;;;;;;;;;;;;;;;;;;;;;;;;;;;;;;;;;;;;;;;;;;;;;;;;;;;;;;;;;;;;;;;;;;;;;;;;;;;;;;;;;;;;;;;;;;;;;;;;;;;;/m1........................................................................................................................./s1. The fraction of sp³-hybridized carbons (Fsp3) is 0.846. The Bertz CT molecular complexity index is 1500. The van der Waals surface area contributed by atoms with Gasteiger partial charge in [0.1, 0.15) is 5.60 Å². The topological polar surface area (TPSA) is 54.9 Å². The minimum Gasteiger partial charge on any atom is -0.369 e. The van der Waals surface area contributed by atoms with Gasteiger partial charge in [0.15, 0.2) is 0 Å². The number of carbonyl (C=O) groups excluding carboxylic acids is 1. The van der Waals surface area contributed by atoms with Crippen LogP contribution in [-0.2, 0) is 33.4 Å². The second-order valence-corrected chi connectivity index (χ2v) is 17.7. The average Bonchev–Trinajstić information content (AvgIpc) is 3.26. The first-order valence-corrected chi connectivity index (χ1v) is 18.3. The predicted octanol–water partition coefficient (Wildman–Crippen LogP) is 38.8. The minimum absolute atomic E-state index is 0. The van der Waals surface area contributed by atoms with Crippen molar-refractivity contribution in [1.82, 2.24) is 14.8 Å². The minimum atomic E-state index is -4.49. The van der Waals surface area contributed by atoms with Gasteiger partial charge in [0.2, 0.25) is 5.91 Å². The summed E-state index contributed by atoms with van der Waals surface area (Å²) >= 11 is 0. The number of aromatic nitrogens is 1. The molecule has 1 aromatic heterocycles. The Morgan fingerprint density at radius 2 is 1.77 bits per heavy atom. The molecule has 4 rings (SSSR count). The smallest absolute Gasteiger partial charge is 0.369 e. The number of halogens is 3. The van der Waals surface area contributed by atoms with Crippen molar-refractivity contribution in [1.29, 1.82) is 0 Å². The quantitative estimate of drug-likeness (QED) is 0.273. The normalized spacial score (nSPS) is 34.9. The van der Waals surface area contributed by atoms with Crippen LogP contribution in [-0.4, -0.2) is 68.3 Å². The van der Waals surface area contributed by atoms with Crippen molar-refractivity contribution in [2.24, 2.45) is 23.2 Å². The number of amides is 1. The molecule has 0 bridgehead atoms. The van der Waals surface area contributed by atoms with E-state index >= 15 is 4.79 Å². The van der Waals surface area contributed by atoms with Crippen LogP contribution in [0.3, 0.4) is 0 Å². The van der Waals surface area contributed by atoms with E-state index < -0.39 is 39.5 Å². The van der Waals surface area contributed by atoms with Crippen LogP contribution in [0.2, 0.25) is 0 Å². The molecule has 2 aliphatic heterocycles. The Kier molecular flexibility index (Phi) is 10.4. The van der Waals surface area contributed by atoms with Gasteiger partial charge in [0, 0.05) is 210 Å². The van der Waals surface area contributed by atoms with Gasteiger partial charge in [-0.05, 0) is 124 Å². The monoisotopic (exact) mass is 923 g/mol. The molecule has 0 radical (unpaired) electrons. The maximum Gasteiger partial charge on any atom is 0.418 e. The highest BCUT2D eigenvalue weighted by Crippen LogP contribution is 2.58. The molecule has 2 fully saturated rings. The summed E-state index contributed by atoms with van der Waals surface area (Å²) in [5.41, 5.74) is -2.09. The van der Waals surface area contributed by atoms with Gasteiger partial charge in [-0.2, -0.15) is 13.2 Å². The molecule has 3 heterocycles. The van der Waals surface area contributed by atoms with Crippen LogP contribution in [0.15, 0.2) is 6.20 Å². The lowest BCUT2D eigenvalue weighted by Gasteiger charge is -2.65. The van der Waals surface area contributed by atoms with Crippen molar-refractivity contribution in [2.75, 3.05) is 7.05 Å². The summed E-state index contributed by atoms with van der Waals surface area (Å²) in [6.07, 6.45) is 0.129. The van der Waals surface area contributed by atoms with Gasteiger partial charge in [0.05, 0.1) is 33.8 Å². The van der Waals surface area contributed by atoms with Crippen molar-refractivity contribution in [3.63, 3.8) is 0 Å². The molecule has 0 aromatic carbocycles. The Hall–Kier alpha value is -1.71. The van der Waals surface area contributed by atoms with Crippen LogP contribution in [0.5, 0.6) is 0 Å². The van der Waals surface area contributed by atoms with E-state index in [9.17, 15) is 13.2 Å². The number of alkyl halides is 3. The molecular formula is C39H306F3N3O3. The van der Waals surface area contributed by atoms with Crippen molar-refractivity contribution in [2.45, 2.75) is 182 Å². The number of nitrogens with zero attached hydrogens (tertiary/aromatic N) is 3.